The molecule has 2 rings (SSSR count). The molecule has 0 atom stereocenters. The predicted molar refractivity (Wildman–Crippen MR) is 72.5 cm³/mol. The van der Waals surface area contributed by atoms with Gasteiger partial charge in [0.05, 0.1) is 11.7 Å². The molecule has 0 spiro atoms. The van der Waals surface area contributed by atoms with Gasteiger partial charge in [0.1, 0.15) is 6.54 Å². The normalized spacial score (nSPS) is 12.3. The molecule has 0 unspecified atom stereocenters. The van der Waals surface area contributed by atoms with Gasteiger partial charge in [-0.05, 0) is 24.3 Å². The number of fused-ring (bicyclic) bond motifs is 1. The number of aromatic carboxylic acids is 1. The Morgan fingerprint density at radius 3 is 2.38 bits per heavy atom. The zero-order valence-corrected chi connectivity index (χ0v) is 12.3. The van der Waals surface area contributed by atoms with E-state index in [1.54, 1.807) is 0 Å². The standard InChI is InChI=1S/C12H9F3N2O6S/c13-12(14,15)24(22,23)16-7-1-2-8-6(3-7)4-9(11(20)21)17(8)5-10(18)19/h1-4,16H,5H2,(H,18,19)(H,20,21)/p-1. The second kappa shape index (κ2) is 5.70. The summed E-state index contributed by atoms with van der Waals surface area (Å²) in [5.74, 6) is -3.04. The van der Waals surface area contributed by atoms with Crippen molar-refractivity contribution in [3.63, 3.8) is 0 Å². The fourth-order valence-corrected chi connectivity index (χ4v) is 2.58. The van der Waals surface area contributed by atoms with Gasteiger partial charge in [0.25, 0.3) is 0 Å². The summed E-state index contributed by atoms with van der Waals surface area (Å²) in [6.07, 6.45) is 0. The first-order chi connectivity index (χ1) is 10.9. The van der Waals surface area contributed by atoms with E-state index in [1.165, 1.54) is 4.72 Å². The maximum atomic E-state index is 12.3. The Bertz CT molecular complexity index is 932. The molecule has 130 valence electrons. The molecule has 0 aliphatic rings. The number of alkyl halides is 3. The molecule has 0 aliphatic heterocycles. The number of anilines is 1. The number of aliphatic carboxylic acids is 1. The van der Waals surface area contributed by atoms with Crippen molar-refractivity contribution in [2.45, 2.75) is 12.1 Å². The second-order valence-electron chi connectivity index (χ2n) is 4.62. The monoisotopic (exact) mass is 365 g/mol. The summed E-state index contributed by atoms with van der Waals surface area (Å²) in [6, 6.07) is 3.96. The van der Waals surface area contributed by atoms with Crippen LogP contribution in [0.15, 0.2) is 24.3 Å². The van der Waals surface area contributed by atoms with Gasteiger partial charge in [-0.1, -0.05) is 0 Å². The number of benzene rings is 1. The topological polar surface area (TPSA) is 129 Å². The van der Waals surface area contributed by atoms with Gasteiger partial charge in [-0.2, -0.15) is 21.6 Å². The first-order valence-corrected chi connectivity index (χ1v) is 7.56. The molecular formula is C12H8F3N2O6S-. The molecular weight excluding hydrogens is 357 g/mol. The number of sulfonamides is 1. The molecule has 0 bridgehead atoms. The summed E-state index contributed by atoms with van der Waals surface area (Å²) in [6.45, 7) is -0.722. The van der Waals surface area contributed by atoms with Crippen LogP contribution in [0.1, 0.15) is 10.5 Å². The smallest absolute Gasteiger partial charge is 0.516 e. The van der Waals surface area contributed by atoms with Gasteiger partial charge < -0.3 is 19.6 Å². The average molecular weight is 365 g/mol. The molecule has 1 heterocycles. The maximum absolute atomic E-state index is 12.3. The highest BCUT2D eigenvalue weighted by Crippen LogP contribution is 2.28. The van der Waals surface area contributed by atoms with E-state index in [2.05, 4.69) is 0 Å². The highest BCUT2D eigenvalue weighted by molar-refractivity contribution is 7.93. The zero-order chi connectivity index (χ0) is 18.3. The van der Waals surface area contributed by atoms with Crippen LogP contribution in [0, 0.1) is 0 Å². The number of carboxylic acid groups (broad SMARTS) is 2. The molecule has 1 aromatic carbocycles. The summed E-state index contributed by atoms with van der Waals surface area (Å²) in [4.78, 5) is 21.8. The summed E-state index contributed by atoms with van der Waals surface area (Å²) in [7, 11) is -5.64. The third-order valence-corrected chi connectivity index (χ3v) is 4.07. The van der Waals surface area contributed by atoms with Crippen LogP contribution in [0.2, 0.25) is 0 Å². The van der Waals surface area contributed by atoms with Crippen LogP contribution in [-0.2, 0) is 21.4 Å². The third kappa shape index (κ3) is 3.27. The first kappa shape index (κ1) is 17.6. The number of hydrogen-bond donors (Lipinski definition) is 2. The number of rotatable bonds is 5. The molecule has 1 aromatic heterocycles. The third-order valence-electron chi connectivity index (χ3n) is 2.96. The van der Waals surface area contributed by atoms with Crippen molar-refractivity contribution in [3.8, 4) is 0 Å². The van der Waals surface area contributed by atoms with Crippen LogP contribution in [0.25, 0.3) is 10.9 Å². The Labute approximate surface area is 132 Å². The van der Waals surface area contributed by atoms with Crippen LogP contribution in [0.5, 0.6) is 0 Å². The summed E-state index contributed by atoms with van der Waals surface area (Å²) >= 11 is 0. The molecule has 0 aliphatic carbocycles. The van der Waals surface area contributed by atoms with E-state index in [0.29, 0.717) is 0 Å². The number of carbonyl (C=O) groups is 2. The summed E-state index contributed by atoms with van der Waals surface area (Å²) in [5.41, 5.74) is -6.42. The molecule has 12 heteroatoms. The number of carboxylic acids is 2. The lowest BCUT2D eigenvalue weighted by atomic mass is 10.2. The average Bonchev–Trinajstić information content (AvgIpc) is 2.74. The lowest BCUT2D eigenvalue weighted by molar-refractivity contribution is -0.255. The number of aromatic nitrogens is 1. The van der Waals surface area contributed by atoms with Crippen LogP contribution in [0.4, 0.5) is 18.9 Å². The molecule has 2 N–H and O–H groups in total. The van der Waals surface area contributed by atoms with Crippen molar-refractivity contribution in [3.05, 3.63) is 30.0 Å². The zero-order valence-electron chi connectivity index (χ0n) is 11.5. The van der Waals surface area contributed by atoms with Crippen LogP contribution < -0.4 is 9.83 Å². The lowest BCUT2D eigenvalue weighted by Crippen LogP contribution is -2.29. The molecule has 0 amide bonds. The van der Waals surface area contributed by atoms with E-state index < -0.39 is 45.4 Å². The Balaban J connectivity index is 2.53. The van der Waals surface area contributed by atoms with E-state index in [-0.39, 0.29) is 10.9 Å². The number of carbonyl (C=O) groups excluding carboxylic acids is 1. The van der Waals surface area contributed by atoms with Crippen molar-refractivity contribution in [2.24, 2.45) is 0 Å². The van der Waals surface area contributed by atoms with Crippen molar-refractivity contribution in [1.82, 2.24) is 4.57 Å². The fraction of sp³-hybridized carbons (Fsp3) is 0.167. The van der Waals surface area contributed by atoms with E-state index >= 15 is 0 Å². The minimum absolute atomic E-state index is 0.0258. The van der Waals surface area contributed by atoms with Crippen LogP contribution in [0.3, 0.4) is 0 Å². The van der Waals surface area contributed by atoms with E-state index in [4.69, 9.17) is 5.11 Å². The molecule has 0 saturated carbocycles. The van der Waals surface area contributed by atoms with Gasteiger partial charge in [-0.3, -0.25) is 9.52 Å². The van der Waals surface area contributed by atoms with Crippen LogP contribution >= 0.6 is 0 Å². The van der Waals surface area contributed by atoms with E-state index in [1.807, 2.05) is 0 Å². The van der Waals surface area contributed by atoms with Gasteiger partial charge in [-0.25, -0.2) is 0 Å². The lowest BCUT2D eigenvalue weighted by Gasteiger charge is -2.11. The first-order valence-electron chi connectivity index (χ1n) is 6.08. The van der Waals surface area contributed by atoms with Crippen molar-refractivity contribution in [1.29, 1.82) is 0 Å². The molecule has 0 radical (unpaired) electrons. The molecule has 8 nitrogen and oxygen atoms in total. The maximum Gasteiger partial charge on any atom is 0.516 e. The Hall–Kier alpha value is -2.76. The van der Waals surface area contributed by atoms with Crippen molar-refractivity contribution >= 4 is 38.6 Å². The van der Waals surface area contributed by atoms with Gasteiger partial charge >= 0.3 is 21.5 Å². The molecule has 0 saturated heterocycles. The molecule has 0 fully saturated rings. The highest BCUT2D eigenvalue weighted by Gasteiger charge is 2.46. The minimum atomic E-state index is -5.64. The van der Waals surface area contributed by atoms with Crippen LogP contribution in [-0.4, -0.2) is 35.5 Å². The van der Waals surface area contributed by atoms with Gasteiger partial charge in [0.15, 0.2) is 0 Å². The second-order valence-corrected chi connectivity index (χ2v) is 6.30. The summed E-state index contributed by atoms with van der Waals surface area (Å²) < 4.78 is 61.3. The Morgan fingerprint density at radius 1 is 1.25 bits per heavy atom. The number of nitrogens with zero attached hydrogens (tertiary/aromatic N) is 1. The predicted octanol–water partition coefficient (Wildman–Crippen LogP) is 0.351. The Kier molecular flexibility index (Phi) is 4.18. The Morgan fingerprint density at radius 2 is 1.88 bits per heavy atom. The van der Waals surface area contributed by atoms with Gasteiger partial charge in [0.2, 0.25) is 0 Å². The fourth-order valence-electron chi connectivity index (χ4n) is 2.02. The summed E-state index contributed by atoms with van der Waals surface area (Å²) in [5, 5.41) is 19.9. The van der Waals surface area contributed by atoms with Gasteiger partial charge in [-0.15, -0.1) is 0 Å². The molecule has 2 aromatic rings. The number of hydrogen-bond acceptors (Lipinski definition) is 5. The quantitative estimate of drug-likeness (QED) is 0.787. The van der Waals surface area contributed by atoms with E-state index in [9.17, 15) is 36.3 Å². The molecule has 24 heavy (non-hydrogen) atoms. The number of nitrogens with one attached hydrogen (secondary N) is 1. The van der Waals surface area contributed by atoms with E-state index in [0.717, 1.165) is 28.8 Å². The van der Waals surface area contributed by atoms with Gasteiger partial charge in [0, 0.05) is 16.6 Å². The number of halogens is 3. The largest absolute Gasteiger partial charge is 0.543 e. The van der Waals surface area contributed by atoms with Crippen molar-refractivity contribution in [2.75, 3.05) is 4.72 Å². The SMILES string of the molecule is O=C(O)Cn1c(C(=O)[O-])cc2cc(NS(=O)(=O)C(F)(F)F)ccc21. The van der Waals surface area contributed by atoms with Crippen molar-refractivity contribution < 1.29 is 41.4 Å². The highest BCUT2D eigenvalue weighted by atomic mass is 32.2. The minimum Gasteiger partial charge on any atom is -0.543 e.